The van der Waals surface area contributed by atoms with Crippen molar-refractivity contribution in [3.05, 3.63) is 68.7 Å². The molecule has 0 radical (unpaired) electrons. The molecule has 1 amide bonds. The van der Waals surface area contributed by atoms with Gasteiger partial charge in [-0.1, -0.05) is 33.1 Å². The zero-order chi connectivity index (χ0) is 19.6. The predicted molar refractivity (Wildman–Crippen MR) is 117 cm³/mol. The van der Waals surface area contributed by atoms with Gasteiger partial charge in [0, 0.05) is 22.3 Å². The van der Waals surface area contributed by atoms with E-state index in [1.807, 2.05) is 26.8 Å². The largest absolute Gasteiger partial charge is 0.378 e. The van der Waals surface area contributed by atoms with Crippen molar-refractivity contribution in [3.63, 3.8) is 0 Å². The smallest absolute Gasteiger partial charge is 0.228 e. The van der Waals surface area contributed by atoms with E-state index in [2.05, 4.69) is 63.8 Å². The molecular weight excluding hydrogens is 400 g/mol. The zero-order valence-corrected chi connectivity index (χ0v) is 18.0. The summed E-state index contributed by atoms with van der Waals surface area (Å²) in [6.45, 7) is 8.22. The zero-order valence-electron chi connectivity index (χ0n) is 16.4. The lowest BCUT2D eigenvalue weighted by molar-refractivity contribution is -0.115. The average molecular weight is 427 g/mol. The van der Waals surface area contributed by atoms with Crippen LogP contribution in [0.5, 0.6) is 0 Å². The third-order valence-electron chi connectivity index (χ3n) is 5.43. The van der Waals surface area contributed by atoms with Crippen LogP contribution in [0.1, 0.15) is 56.3 Å². The summed E-state index contributed by atoms with van der Waals surface area (Å²) in [5, 5.41) is 6.73. The van der Waals surface area contributed by atoms with Crippen LogP contribution in [0.2, 0.25) is 0 Å². The van der Waals surface area contributed by atoms with Crippen molar-refractivity contribution in [1.82, 2.24) is 0 Å². The van der Waals surface area contributed by atoms with Crippen molar-refractivity contribution in [2.75, 3.05) is 10.6 Å². The molecule has 2 aromatic carbocycles. The number of hydrogen-bond donors (Lipinski definition) is 2. The molecule has 0 bridgehead atoms. The number of allylic oxidation sites excluding steroid dienone is 1. The minimum absolute atomic E-state index is 0.0549. The Morgan fingerprint density at radius 1 is 1.11 bits per heavy atom. The first-order valence-corrected chi connectivity index (χ1v) is 10.2. The van der Waals surface area contributed by atoms with Gasteiger partial charge in [0.1, 0.15) is 0 Å². The van der Waals surface area contributed by atoms with Gasteiger partial charge in [-0.2, -0.15) is 0 Å². The lowest BCUT2D eigenvalue weighted by Crippen LogP contribution is -2.14. The third-order valence-corrected chi connectivity index (χ3v) is 5.96. The van der Waals surface area contributed by atoms with E-state index in [1.165, 1.54) is 22.3 Å². The first-order chi connectivity index (χ1) is 12.8. The molecule has 1 aliphatic carbocycles. The molecule has 2 aromatic rings. The quantitative estimate of drug-likeness (QED) is 0.532. The first-order valence-electron chi connectivity index (χ1n) is 9.42. The Bertz CT molecular complexity index is 880. The standard InChI is InChI=1S/C23H27BrN2O/c1-14(2)15(3)13-23(27)26-21-11-10-20-19(16(21)4)9-12-22(20)25-18-7-5-17(24)6-8-18/h5-8,10-11,22,25H,9,12-13H2,1-4H3,(H,26,27). The predicted octanol–water partition coefficient (Wildman–Crippen LogP) is 6.54. The van der Waals surface area contributed by atoms with Crippen molar-refractivity contribution in [2.24, 2.45) is 0 Å². The fraction of sp³-hybridized carbons (Fsp3) is 0.348. The van der Waals surface area contributed by atoms with E-state index in [0.717, 1.165) is 34.3 Å². The van der Waals surface area contributed by atoms with Crippen molar-refractivity contribution in [2.45, 2.75) is 53.0 Å². The van der Waals surface area contributed by atoms with Gasteiger partial charge in [0.2, 0.25) is 5.91 Å². The molecule has 0 spiro atoms. The number of benzene rings is 2. The molecule has 0 fully saturated rings. The number of hydrogen-bond acceptors (Lipinski definition) is 2. The normalized spacial score (nSPS) is 15.2. The van der Waals surface area contributed by atoms with Crippen molar-refractivity contribution < 1.29 is 4.79 Å². The van der Waals surface area contributed by atoms with Crippen LogP contribution in [0.15, 0.2) is 52.0 Å². The minimum Gasteiger partial charge on any atom is -0.378 e. The van der Waals surface area contributed by atoms with E-state index < -0.39 is 0 Å². The molecule has 2 N–H and O–H groups in total. The van der Waals surface area contributed by atoms with Gasteiger partial charge in [-0.3, -0.25) is 4.79 Å². The number of anilines is 2. The van der Waals surface area contributed by atoms with Gasteiger partial charge in [0.05, 0.1) is 6.04 Å². The van der Waals surface area contributed by atoms with Crippen LogP contribution in [0.25, 0.3) is 0 Å². The summed E-state index contributed by atoms with van der Waals surface area (Å²) in [6, 6.07) is 12.8. The van der Waals surface area contributed by atoms with Crippen molar-refractivity contribution >= 4 is 33.2 Å². The highest BCUT2D eigenvalue weighted by Crippen LogP contribution is 2.38. The van der Waals surface area contributed by atoms with Crippen molar-refractivity contribution in [1.29, 1.82) is 0 Å². The molecule has 0 saturated carbocycles. The van der Waals surface area contributed by atoms with Crippen LogP contribution in [-0.2, 0) is 11.2 Å². The molecule has 3 nitrogen and oxygen atoms in total. The summed E-state index contributed by atoms with van der Waals surface area (Å²) in [6.07, 6.45) is 2.55. The summed E-state index contributed by atoms with van der Waals surface area (Å²) in [5.41, 5.74) is 8.29. The fourth-order valence-electron chi connectivity index (χ4n) is 3.52. The highest BCUT2D eigenvalue weighted by atomic mass is 79.9. The Hall–Kier alpha value is -2.07. The Morgan fingerprint density at radius 2 is 1.81 bits per heavy atom. The molecule has 1 atom stereocenters. The van der Waals surface area contributed by atoms with Gasteiger partial charge < -0.3 is 10.6 Å². The maximum Gasteiger partial charge on any atom is 0.228 e. The van der Waals surface area contributed by atoms with E-state index in [4.69, 9.17) is 0 Å². The maximum atomic E-state index is 12.4. The molecule has 0 aliphatic heterocycles. The second-order valence-corrected chi connectivity index (χ2v) is 8.47. The molecule has 3 rings (SSSR count). The first kappa shape index (κ1) is 19.7. The Kier molecular flexibility index (Phi) is 6.05. The number of carbonyl (C=O) groups is 1. The van der Waals surface area contributed by atoms with E-state index >= 15 is 0 Å². The van der Waals surface area contributed by atoms with Crippen molar-refractivity contribution in [3.8, 4) is 0 Å². The molecule has 0 heterocycles. The molecule has 142 valence electrons. The van der Waals surface area contributed by atoms with Gasteiger partial charge in [0.25, 0.3) is 0 Å². The molecule has 27 heavy (non-hydrogen) atoms. The molecule has 0 saturated heterocycles. The van der Waals surface area contributed by atoms with Crippen LogP contribution in [-0.4, -0.2) is 5.91 Å². The van der Waals surface area contributed by atoms with E-state index in [0.29, 0.717) is 12.5 Å². The Morgan fingerprint density at radius 3 is 2.48 bits per heavy atom. The highest BCUT2D eigenvalue weighted by Gasteiger charge is 2.25. The molecule has 0 aromatic heterocycles. The van der Waals surface area contributed by atoms with Gasteiger partial charge in [-0.05, 0) is 87.6 Å². The van der Waals surface area contributed by atoms with Gasteiger partial charge in [-0.15, -0.1) is 0 Å². The fourth-order valence-corrected chi connectivity index (χ4v) is 3.79. The van der Waals surface area contributed by atoms with Gasteiger partial charge >= 0.3 is 0 Å². The van der Waals surface area contributed by atoms with Crippen LogP contribution in [0.4, 0.5) is 11.4 Å². The second kappa shape index (κ2) is 8.30. The molecule has 1 aliphatic rings. The minimum atomic E-state index is 0.0549. The van der Waals surface area contributed by atoms with Crippen LogP contribution in [0.3, 0.4) is 0 Å². The summed E-state index contributed by atoms with van der Waals surface area (Å²) in [7, 11) is 0. The van der Waals surface area contributed by atoms with E-state index in [9.17, 15) is 4.79 Å². The lowest BCUT2D eigenvalue weighted by atomic mass is 10.0. The molecule has 4 heteroatoms. The number of rotatable bonds is 5. The van der Waals surface area contributed by atoms with Crippen LogP contribution >= 0.6 is 15.9 Å². The molecular formula is C23H27BrN2O. The summed E-state index contributed by atoms with van der Waals surface area (Å²) in [5.74, 6) is 0.0549. The number of nitrogens with one attached hydrogen (secondary N) is 2. The van der Waals surface area contributed by atoms with E-state index in [1.54, 1.807) is 0 Å². The molecule has 1 unspecified atom stereocenters. The summed E-state index contributed by atoms with van der Waals surface area (Å²) >= 11 is 3.48. The highest BCUT2D eigenvalue weighted by molar-refractivity contribution is 9.10. The third kappa shape index (κ3) is 4.62. The van der Waals surface area contributed by atoms with Gasteiger partial charge in [0.15, 0.2) is 0 Å². The monoisotopic (exact) mass is 426 g/mol. The summed E-state index contributed by atoms with van der Waals surface area (Å²) < 4.78 is 1.08. The lowest BCUT2D eigenvalue weighted by Gasteiger charge is -2.18. The summed E-state index contributed by atoms with van der Waals surface area (Å²) in [4.78, 5) is 12.4. The Balaban J connectivity index is 1.74. The van der Waals surface area contributed by atoms with Crippen LogP contribution in [0, 0.1) is 6.92 Å². The maximum absolute atomic E-state index is 12.4. The van der Waals surface area contributed by atoms with Gasteiger partial charge in [-0.25, -0.2) is 0 Å². The number of fused-ring (bicyclic) bond motifs is 1. The second-order valence-electron chi connectivity index (χ2n) is 7.55. The number of carbonyl (C=O) groups excluding carboxylic acids is 1. The van der Waals surface area contributed by atoms with E-state index in [-0.39, 0.29) is 5.91 Å². The topological polar surface area (TPSA) is 41.1 Å². The SMILES string of the molecule is CC(C)=C(C)CC(=O)Nc1ccc2c(c1C)CCC2Nc1ccc(Br)cc1. The van der Waals surface area contributed by atoms with Crippen LogP contribution < -0.4 is 10.6 Å². The number of halogens is 1. The number of amides is 1. The Labute approximate surface area is 170 Å². The average Bonchev–Trinajstić information content (AvgIpc) is 3.03.